The fourth-order valence-electron chi connectivity index (χ4n) is 10.3. The molecule has 2 aliphatic carbocycles. The lowest BCUT2D eigenvalue weighted by Crippen LogP contribution is -2.57. The second kappa shape index (κ2) is 18.2. The van der Waals surface area contributed by atoms with E-state index < -0.39 is 48.1 Å². The Kier molecular flexibility index (Phi) is 12.7. The van der Waals surface area contributed by atoms with E-state index in [9.17, 15) is 14.4 Å². The Bertz CT molecular complexity index is 2250. The van der Waals surface area contributed by atoms with E-state index in [-0.39, 0.29) is 36.4 Å². The van der Waals surface area contributed by atoms with Crippen LogP contribution < -0.4 is 16.0 Å². The molecule has 9 nitrogen and oxygen atoms in total. The van der Waals surface area contributed by atoms with Gasteiger partial charge in [0.25, 0.3) is 0 Å². The van der Waals surface area contributed by atoms with Gasteiger partial charge in [0.2, 0.25) is 11.8 Å². The summed E-state index contributed by atoms with van der Waals surface area (Å²) in [6, 6.07) is 44.3. The van der Waals surface area contributed by atoms with Gasteiger partial charge in [-0.05, 0) is 82.4 Å². The van der Waals surface area contributed by atoms with Crippen LogP contribution >= 0.6 is 0 Å². The van der Waals surface area contributed by atoms with Gasteiger partial charge in [-0.2, -0.15) is 0 Å². The van der Waals surface area contributed by atoms with Crippen molar-refractivity contribution in [3.05, 3.63) is 167 Å². The molecule has 1 saturated carbocycles. The minimum absolute atomic E-state index is 0.0496. The quantitative estimate of drug-likeness (QED) is 0.0758. The number of amides is 3. The third kappa shape index (κ3) is 9.07. The number of alkyl carbamates (subject to hydrolysis) is 1. The maximum absolute atomic E-state index is 14.8. The van der Waals surface area contributed by atoms with Crippen LogP contribution in [0.25, 0.3) is 11.1 Å². The van der Waals surface area contributed by atoms with Gasteiger partial charge in [0, 0.05) is 5.92 Å². The van der Waals surface area contributed by atoms with E-state index in [0.717, 1.165) is 51.8 Å². The molecule has 1 heterocycles. The van der Waals surface area contributed by atoms with Crippen molar-refractivity contribution < 1.29 is 28.4 Å². The van der Waals surface area contributed by atoms with Crippen LogP contribution in [0.2, 0.25) is 0 Å². The lowest BCUT2D eigenvalue weighted by molar-refractivity contribution is -0.129. The molecule has 0 radical (unpaired) electrons. The van der Waals surface area contributed by atoms with Crippen LogP contribution in [0.5, 0.6) is 0 Å². The molecule has 326 valence electrons. The summed E-state index contributed by atoms with van der Waals surface area (Å²) >= 11 is 0. The summed E-state index contributed by atoms with van der Waals surface area (Å²) in [5, 5.41) is 9.40. The van der Waals surface area contributed by atoms with E-state index in [1.807, 2.05) is 115 Å². The number of nitrogens with one attached hydrogen (secondary N) is 3. The predicted molar refractivity (Wildman–Crippen MR) is 248 cm³/mol. The number of carbonyl (C=O) groups excluding carboxylic acids is 3. The van der Waals surface area contributed by atoms with Crippen LogP contribution in [0.4, 0.5) is 4.79 Å². The maximum atomic E-state index is 14.8. The Balaban J connectivity index is 1.08. The highest BCUT2D eigenvalue weighted by Gasteiger charge is 2.57. The van der Waals surface area contributed by atoms with Gasteiger partial charge in [0.15, 0.2) is 0 Å². The normalized spacial score (nSPS) is 21.1. The Morgan fingerprint density at radius 2 is 1.25 bits per heavy atom. The van der Waals surface area contributed by atoms with Crippen molar-refractivity contribution in [3.8, 4) is 11.1 Å². The molecule has 0 aromatic heterocycles. The SMILES string of the molecule is CC(C)C[C@H](NC(=O)[C@H](CC(=O)NC(c1ccccc1)(c1ccccc1)c1ccccc1)NC(=O)OCC1c2ccccc2-c2ccccc21)B1O[C@@H]2C[C@H](C)C(C)(C)C[C@]2(C)O1. The Labute approximate surface area is 372 Å². The summed E-state index contributed by atoms with van der Waals surface area (Å²) in [4.78, 5) is 43.6. The van der Waals surface area contributed by atoms with Gasteiger partial charge in [-0.25, -0.2) is 4.79 Å². The molecule has 3 N–H and O–H groups in total. The molecular formula is C53H60BN3O6. The Hall–Kier alpha value is -5.71. The molecule has 8 rings (SSSR count). The lowest BCUT2D eigenvalue weighted by atomic mass is 9.63. The van der Waals surface area contributed by atoms with Crippen molar-refractivity contribution in [1.82, 2.24) is 16.0 Å². The summed E-state index contributed by atoms with van der Waals surface area (Å²) in [6.45, 7) is 13.1. The molecule has 63 heavy (non-hydrogen) atoms. The van der Waals surface area contributed by atoms with E-state index in [2.05, 4.69) is 81.8 Å². The first-order chi connectivity index (χ1) is 30.3. The fourth-order valence-corrected chi connectivity index (χ4v) is 10.3. The molecule has 1 aliphatic heterocycles. The van der Waals surface area contributed by atoms with E-state index in [1.165, 1.54) is 0 Å². The van der Waals surface area contributed by atoms with Gasteiger partial charge in [-0.15, -0.1) is 0 Å². The standard InChI is InChI=1S/C53H60BN3O6/c1-35(2)30-47(54-62-46-31-36(3)51(4,5)34-52(46,6)63-54)56-49(59)45(55-50(60)61-33-44-42-28-18-16-26-40(42)41-27-17-19-29-43(41)44)32-48(58)57-53(37-20-10-7-11-21-37,38-22-12-8-13-23-38)39-24-14-9-15-25-39/h7-29,35-36,44-47H,30-34H2,1-6H3,(H,55,60)(H,56,59)(H,57,58)/t36-,45-,46+,47-,52-/m0/s1. The largest absolute Gasteiger partial charge is 0.481 e. The van der Waals surface area contributed by atoms with Crippen LogP contribution in [0, 0.1) is 17.3 Å². The summed E-state index contributed by atoms with van der Waals surface area (Å²) in [5.74, 6) is -1.12. The topological polar surface area (TPSA) is 115 Å². The van der Waals surface area contributed by atoms with Crippen LogP contribution in [0.1, 0.15) is 101 Å². The zero-order chi connectivity index (χ0) is 44.4. The molecule has 1 saturated heterocycles. The van der Waals surface area contributed by atoms with Gasteiger partial charge in [-0.3, -0.25) is 9.59 Å². The number of ether oxygens (including phenoxy) is 1. The molecule has 0 bridgehead atoms. The van der Waals surface area contributed by atoms with Gasteiger partial charge in [0.1, 0.15) is 18.2 Å². The first kappa shape index (κ1) is 43.9. The van der Waals surface area contributed by atoms with Crippen molar-refractivity contribution in [2.75, 3.05) is 6.61 Å². The molecule has 0 spiro atoms. The van der Waals surface area contributed by atoms with Gasteiger partial charge >= 0.3 is 13.2 Å². The number of fused-ring (bicyclic) bond motifs is 4. The number of benzene rings is 5. The van der Waals surface area contributed by atoms with Crippen molar-refractivity contribution in [2.24, 2.45) is 17.3 Å². The molecular weight excluding hydrogens is 785 g/mol. The highest BCUT2D eigenvalue weighted by Crippen LogP contribution is 2.51. The molecule has 5 aromatic rings. The van der Waals surface area contributed by atoms with Crippen LogP contribution in [-0.4, -0.2) is 55.3 Å². The van der Waals surface area contributed by atoms with E-state index in [1.54, 1.807) is 0 Å². The van der Waals surface area contributed by atoms with Crippen LogP contribution in [0.15, 0.2) is 140 Å². The second-order valence-electron chi connectivity index (χ2n) is 19.1. The average molecular weight is 846 g/mol. The van der Waals surface area contributed by atoms with E-state index >= 15 is 0 Å². The third-order valence-corrected chi connectivity index (χ3v) is 13.7. The smallest absolute Gasteiger partial charge is 0.449 e. The van der Waals surface area contributed by atoms with Crippen molar-refractivity contribution in [3.63, 3.8) is 0 Å². The minimum atomic E-state index is -1.31. The minimum Gasteiger partial charge on any atom is -0.449 e. The first-order valence-corrected chi connectivity index (χ1v) is 22.5. The molecule has 3 amide bonds. The first-order valence-electron chi connectivity index (χ1n) is 22.5. The van der Waals surface area contributed by atoms with Gasteiger partial charge in [0.05, 0.1) is 24.1 Å². The number of hydrogen-bond acceptors (Lipinski definition) is 6. The lowest BCUT2D eigenvalue weighted by Gasteiger charge is -2.47. The van der Waals surface area contributed by atoms with Crippen molar-refractivity contribution in [1.29, 1.82) is 0 Å². The maximum Gasteiger partial charge on any atom is 0.481 e. The van der Waals surface area contributed by atoms with Crippen LogP contribution in [0.3, 0.4) is 0 Å². The van der Waals surface area contributed by atoms with Crippen LogP contribution in [-0.2, 0) is 29.2 Å². The summed E-state index contributed by atoms with van der Waals surface area (Å²) < 4.78 is 19.4. The number of rotatable bonds is 14. The zero-order valence-electron chi connectivity index (χ0n) is 37.3. The second-order valence-corrected chi connectivity index (χ2v) is 19.1. The number of hydrogen-bond donors (Lipinski definition) is 3. The van der Waals surface area contributed by atoms with Gasteiger partial charge < -0.3 is 30.0 Å². The molecule has 2 fully saturated rings. The van der Waals surface area contributed by atoms with E-state index in [0.29, 0.717) is 12.3 Å². The van der Waals surface area contributed by atoms with Gasteiger partial charge in [-0.1, -0.05) is 174 Å². The van der Waals surface area contributed by atoms with E-state index in [4.69, 9.17) is 14.0 Å². The fraction of sp³-hybridized carbons (Fsp3) is 0.377. The summed E-state index contributed by atoms with van der Waals surface area (Å²) in [7, 11) is -0.710. The monoisotopic (exact) mass is 845 g/mol. The van der Waals surface area contributed by atoms with Crippen molar-refractivity contribution >= 4 is 25.0 Å². The summed E-state index contributed by atoms with van der Waals surface area (Å²) in [5.41, 5.74) is 5.26. The molecule has 5 aromatic carbocycles. The molecule has 5 atom stereocenters. The molecule has 10 heteroatoms. The number of carbonyl (C=O) groups is 3. The zero-order valence-corrected chi connectivity index (χ0v) is 37.3. The summed E-state index contributed by atoms with van der Waals surface area (Å²) in [6.07, 6.45) is 0.926. The molecule has 0 unspecified atom stereocenters. The highest BCUT2D eigenvalue weighted by atomic mass is 16.7. The average Bonchev–Trinajstić information content (AvgIpc) is 3.78. The van der Waals surface area contributed by atoms with Crippen molar-refractivity contribution in [2.45, 2.75) is 102 Å². The predicted octanol–water partition coefficient (Wildman–Crippen LogP) is 9.58. The highest BCUT2D eigenvalue weighted by molar-refractivity contribution is 6.47. The molecule has 3 aliphatic rings. The third-order valence-electron chi connectivity index (χ3n) is 13.7. The Morgan fingerprint density at radius 1 is 0.746 bits per heavy atom. The Morgan fingerprint density at radius 3 is 1.78 bits per heavy atom.